The molecule has 1 saturated heterocycles. The van der Waals surface area contributed by atoms with Gasteiger partial charge in [-0.3, -0.25) is 9.59 Å². The number of anilines is 1. The molecule has 2 aromatic heterocycles. The molecule has 1 atom stereocenters. The summed E-state index contributed by atoms with van der Waals surface area (Å²) in [7, 11) is 0. The summed E-state index contributed by atoms with van der Waals surface area (Å²) in [5, 5.41) is 4.36. The van der Waals surface area contributed by atoms with E-state index in [0.29, 0.717) is 32.0 Å². The number of hydrogen-bond acceptors (Lipinski definition) is 7. The number of rotatable bonds is 4. The number of benzene rings is 1. The van der Waals surface area contributed by atoms with Crippen LogP contribution in [0.5, 0.6) is 0 Å². The molecule has 1 aliphatic rings. The van der Waals surface area contributed by atoms with E-state index in [1.165, 1.54) is 13.3 Å². The fourth-order valence-electron chi connectivity index (χ4n) is 3.59. The summed E-state index contributed by atoms with van der Waals surface area (Å²) < 4.78 is 6.76. The number of aromatic nitrogens is 4. The van der Waals surface area contributed by atoms with Crippen molar-refractivity contribution >= 4 is 23.5 Å². The number of amides is 1. The normalized spacial score (nSPS) is 15.4. The first-order valence-electron chi connectivity index (χ1n) is 9.49. The van der Waals surface area contributed by atoms with Gasteiger partial charge >= 0.3 is 5.97 Å². The quantitative estimate of drug-likeness (QED) is 0.618. The summed E-state index contributed by atoms with van der Waals surface area (Å²) in [4.78, 5) is 36.2. The molecule has 4 rings (SSSR count). The van der Waals surface area contributed by atoms with Crippen molar-refractivity contribution in [2.24, 2.45) is 0 Å². The van der Waals surface area contributed by atoms with Gasteiger partial charge in [0.2, 0.25) is 0 Å². The molecule has 3 aromatic rings. The van der Waals surface area contributed by atoms with Gasteiger partial charge in [0.05, 0.1) is 0 Å². The number of carbonyl (C=O) groups is 2. The highest BCUT2D eigenvalue weighted by molar-refractivity contribution is 5.83. The molecule has 0 unspecified atom stereocenters. The summed E-state index contributed by atoms with van der Waals surface area (Å²) in [6, 6.07) is 10.0. The summed E-state index contributed by atoms with van der Waals surface area (Å²) in [5.74, 6) is 0.798. The van der Waals surface area contributed by atoms with Crippen molar-refractivity contribution in [1.29, 1.82) is 0 Å². The van der Waals surface area contributed by atoms with Crippen molar-refractivity contribution in [3.63, 3.8) is 0 Å². The fourth-order valence-corrected chi connectivity index (χ4v) is 3.59. The molecule has 150 valence electrons. The van der Waals surface area contributed by atoms with E-state index in [0.717, 1.165) is 16.9 Å². The topological polar surface area (TPSA) is 92.9 Å². The van der Waals surface area contributed by atoms with E-state index in [9.17, 15) is 9.59 Å². The second-order valence-corrected chi connectivity index (χ2v) is 6.90. The van der Waals surface area contributed by atoms with E-state index in [1.807, 2.05) is 36.5 Å². The van der Waals surface area contributed by atoms with Crippen molar-refractivity contribution in [3.8, 4) is 11.1 Å². The highest BCUT2D eigenvalue weighted by Gasteiger charge is 2.28. The molecule has 9 nitrogen and oxygen atoms in total. The van der Waals surface area contributed by atoms with Crippen LogP contribution in [0.15, 0.2) is 42.9 Å². The molecule has 0 N–H and O–H groups in total. The van der Waals surface area contributed by atoms with Crippen molar-refractivity contribution in [1.82, 2.24) is 24.5 Å². The summed E-state index contributed by atoms with van der Waals surface area (Å²) in [6.07, 6.45) is 2.53. The van der Waals surface area contributed by atoms with Gasteiger partial charge in [-0.1, -0.05) is 30.3 Å². The lowest BCUT2D eigenvalue weighted by Gasteiger charge is -2.37. The monoisotopic (exact) mass is 394 g/mol. The summed E-state index contributed by atoms with van der Waals surface area (Å²) in [6.45, 7) is 5.20. The fraction of sp³-hybridized carbons (Fsp3) is 0.350. The van der Waals surface area contributed by atoms with Gasteiger partial charge in [-0.05, 0) is 12.5 Å². The number of esters is 1. The van der Waals surface area contributed by atoms with Gasteiger partial charge in [0.1, 0.15) is 12.1 Å². The van der Waals surface area contributed by atoms with Crippen LogP contribution in [0.25, 0.3) is 16.9 Å². The molecule has 1 amide bonds. The Hall–Kier alpha value is -3.49. The average Bonchev–Trinajstić information content (AvgIpc) is 3.21. The van der Waals surface area contributed by atoms with Crippen LogP contribution in [-0.2, 0) is 14.3 Å². The van der Waals surface area contributed by atoms with Gasteiger partial charge in [-0.2, -0.15) is 14.6 Å². The van der Waals surface area contributed by atoms with E-state index in [4.69, 9.17) is 4.74 Å². The van der Waals surface area contributed by atoms with Crippen LogP contribution in [0.1, 0.15) is 13.8 Å². The Bertz CT molecular complexity index is 1030. The molecule has 0 saturated carbocycles. The minimum atomic E-state index is -0.776. The number of nitrogens with zero attached hydrogens (tertiary/aromatic N) is 6. The van der Waals surface area contributed by atoms with E-state index in [2.05, 4.69) is 20.0 Å². The Morgan fingerprint density at radius 1 is 1.07 bits per heavy atom. The third kappa shape index (κ3) is 3.75. The maximum atomic E-state index is 12.5. The first kappa shape index (κ1) is 18.9. The molecule has 3 heterocycles. The zero-order valence-corrected chi connectivity index (χ0v) is 16.4. The van der Waals surface area contributed by atoms with Gasteiger partial charge in [0.15, 0.2) is 6.10 Å². The molecule has 9 heteroatoms. The molecule has 1 aromatic carbocycles. The van der Waals surface area contributed by atoms with Crippen LogP contribution >= 0.6 is 0 Å². The van der Waals surface area contributed by atoms with Gasteiger partial charge in [0, 0.05) is 44.9 Å². The van der Waals surface area contributed by atoms with Gasteiger partial charge < -0.3 is 14.5 Å². The Kier molecular flexibility index (Phi) is 5.11. The lowest BCUT2D eigenvalue weighted by atomic mass is 10.1. The van der Waals surface area contributed by atoms with Crippen molar-refractivity contribution in [2.75, 3.05) is 31.1 Å². The number of carbonyl (C=O) groups excluding carboxylic acids is 2. The Morgan fingerprint density at radius 2 is 1.79 bits per heavy atom. The third-order valence-electron chi connectivity index (χ3n) is 4.95. The molecular weight excluding hydrogens is 372 g/mol. The first-order chi connectivity index (χ1) is 14.0. The molecule has 0 aliphatic carbocycles. The molecule has 0 spiro atoms. The number of ether oxygens (including phenoxy) is 1. The van der Waals surface area contributed by atoms with Crippen LogP contribution in [-0.4, -0.2) is 68.6 Å². The minimum Gasteiger partial charge on any atom is -0.453 e. The summed E-state index contributed by atoms with van der Waals surface area (Å²) in [5.41, 5.74) is 1.99. The average molecular weight is 394 g/mol. The summed E-state index contributed by atoms with van der Waals surface area (Å²) >= 11 is 0. The van der Waals surface area contributed by atoms with E-state index >= 15 is 0 Å². The standard InChI is InChI=1S/C20H22N6O3/c1-14(29-15(2)27)19(28)25-10-8-24(9-11-25)18-17(16-6-4-3-5-7-16)12-21-20-22-13-23-26(18)20/h3-7,12-14H,8-11H2,1-2H3/t14-/m0/s1. The molecule has 0 bridgehead atoms. The van der Waals surface area contributed by atoms with Crippen molar-refractivity contribution in [3.05, 3.63) is 42.9 Å². The predicted molar refractivity (Wildman–Crippen MR) is 106 cm³/mol. The Balaban J connectivity index is 1.59. The van der Waals surface area contributed by atoms with Gasteiger partial charge in [-0.15, -0.1) is 0 Å². The maximum absolute atomic E-state index is 12.5. The maximum Gasteiger partial charge on any atom is 0.303 e. The van der Waals surface area contributed by atoms with Crippen molar-refractivity contribution < 1.29 is 14.3 Å². The molecule has 0 radical (unpaired) electrons. The number of hydrogen-bond donors (Lipinski definition) is 0. The van der Waals surface area contributed by atoms with Gasteiger partial charge in [-0.25, -0.2) is 4.98 Å². The third-order valence-corrected chi connectivity index (χ3v) is 4.95. The number of fused-ring (bicyclic) bond motifs is 1. The lowest BCUT2D eigenvalue weighted by Crippen LogP contribution is -2.52. The highest BCUT2D eigenvalue weighted by atomic mass is 16.5. The lowest BCUT2D eigenvalue weighted by molar-refractivity contribution is -0.157. The zero-order valence-electron chi connectivity index (χ0n) is 16.4. The second-order valence-electron chi connectivity index (χ2n) is 6.90. The van der Waals surface area contributed by atoms with Crippen LogP contribution in [0.2, 0.25) is 0 Å². The van der Waals surface area contributed by atoms with E-state index in [1.54, 1.807) is 16.3 Å². The molecule has 29 heavy (non-hydrogen) atoms. The zero-order chi connectivity index (χ0) is 20.4. The van der Waals surface area contributed by atoms with E-state index in [-0.39, 0.29) is 5.91 Å². The Morgan fingerprint density at radius 3 is 2.48 bits per heavy atom. The SMILES string of the molecule is CC(=O)O[C@@H](C)C(=O)N1CCN(c2c(-c3ccccc3)cnc3ncnn23)CC1. The highest BCUT2D eigenvalue weighted by Crippen LogP contribution is 2.30. The predicted octanol–water partition coefficient (Wildman–Crippen LogP) is 1.39. The smallest absolute Gasteiger partial charge is 0.303 e. The minimum absolute atomic E-state index is 0.177. The molecule has 1 aliphatic heterocycles. The molecular formula is C20H22N6O3. The van der Waals surface area contributed by atoms with E-state index < -0.39 is 12.1 Å². The van der Waals surface area contributed by atoms with Crippen molar-refractivity contribution in [2.45, 2.75) is 20.0 Å². The largest absolute Gasteiger partial charge is 0.453 e. The first-order valence-corrected chi connectivity index (χ1v) is 9.49. The van der Waals surface area contributed by atoms with Crippen LogP contribution < -0.4 is 4.90 Å². The van der Waals surface area contributed by atoms with Crippen LogP contribution in [0.4, 0.5) is 5.82 Å². The second kappa shape index (κ2) is 7.86. The van der Waals surface area contributed by atoms with Crippen LogP contribution in [0.3, 0.4) is 0 Å². The number of piperazine rings is 1. The van der Waals surface area contributed by atoms with Gasteiger partial charge in [0.25, 0.3) is 11.7 Å². The Labute approximate surface area is 167 Å². The van der Waals surface area contributed by atoms with Crippen LogP contribution in [0, 0.1) is 0 Å². The molecule has 1 fully saturated rings.